The Morgan fingerprint density at radius 3 is 2.88 bits per heavy atom. The van der Waals surface area contributed by atoms with Crippen LogP contribution in [0.2, 0.25) is 0 Å². The molecule has 16 heavy (non-hydrogen) atoms. The summed E-state index contributed by atoms with van der Waals surface area (Å²) in [6.45, 7) is 4.13. The molecule has 1 fully saturated rings. The smallest absolute Gasteiger partial charge is 0.142 e. The average molecular weight is 349 g/mol. The first kappa shape index (κ1) is 12.3. The van der Waals surface area contributed by atoms with Crippen LogP contribution in [0.15, 0.2) is 21.2 Å². The van der Waals surface area contributed by atoms with Crippen LogP contribution in [-0.4, -0.2) is 24.1 Å². The van der Waals surface area contributed by atoms with Crippen LogP contribution >= 0.6 is 31.9 Å². The maximum absolute atomic E-state index is 5.93. The fourth-order valence-corrected chi connectivity index (χ4v) is 3.29. The molecule has 0 spiro atoms. The molecule has 1 aliphatic rings. The van der Waals surface area contributed by atoms with Crippen LogP contribution in [0.4, 0.5) is 5.82 Å². The van der Waals surface area contributed by atoms with Gasteiger partial charge >= 0.3 is 0 Å². The quantitative estimate of drug-likeness (QED) is 0.893. The zero-order valence-electron chi connectivity index (χ0n) is 9.16. The van der Waals surface area contributed by atoms with Crippen LogP contribution in [0.25, 0.3) is 0 Å². The van der Waals surface area contributed by atoms with Crippen molar-refractivity contribution in [3.63, 3.8) is 0 Å². The molecule has 2 rings (SSSR count). The molecule has 1 saturated heterocycles. The molecule has 2 N–H and O–H groups in total. The minimum Gasteiger partial charge on any atom is -0.355 e. The van der Waals surface area contributed by atoms with Gasteiger partial charge in [0.05, 0.1) is 4.47 Å². The van der Waals surface area contributed by atoms with Gasteiger partial charge in [0.1, 0.15) is 5.82 Å². The fourth-order valence-electron chi connectivity index (χ4n) is 2.05. The molecule has 0 saturated carbocycles. The Morgan fingerprint density at radius 2 is 2.31 bits per heavy atom. The number of anilines is 1. The first-order valence-electron chi connectivity index (χ1n) is 5.39. The number of hydrogen-bond donors (Lipinski definition) is 1. The number of pyridine rings is 1. The lowest BCUT2D eigenvalue weighted by molar-refractivity contribution is 0.488. The number of nitrogens with zero attached hydrogens (tertiary/aromatic N) is 2. The van der Waals surface area contributed by atoms with Gasteiger partial charge in [0, 0.05) is 29.8 Å². The molecule has 1 aromatic heterocycles. The molecule has 0 amide bonds. The highest BCUT2D eigenvalue weighted by Crippen LogP contribution is 2.31. The number of hydrogen-bond acceptors (Lipinski definition) is 3. The second-order valence-electron chi connectivity index (χ2n) is 4.31. The summed E-state index contributed by atoms with van der Waals surface area (Å²) >= 11 is 6.96. The Morgan fingerprint density at radius 1 is 1.56 bits per heavy atom. The van der Waals surface area contributed by atoms with Gasteiger partial charge in [-0.3, -0.25) is 0 Å². The molecule has 2 unspecified atom stereocenters. The van der Waals surface area contributed by atoms with Crippen LogP contribution in [0.1, 0.15) is 13.3 Å². The lowest BCUT2D eigenvalue weighted by Crippen LogP contribution is -2.30. The molecule has 1 aliphatic heterocycles. The monoisotopic (exact) mass is 347 g/mol. The van der Waals surface area contributed by atoms with E-state index in [1.807, 2.05) is 12.3 Å². The maximum atomic E-state index is 5.93. The molecular weight excluding hydrogens is 334 g/mol. The lowest BCUT2D eigenvalue weighted by atomic mass is 10.0. The Bertz CT molecular complexity index is 381. The number of halogens is 2. The van der Waals surface area contributed by atoms with Gasteiger partial charge in [0.2, 0.25) is 0 Å². The highest BCUT2D eigenvalue weighted by atomic mass is 79.9. The van der Waals surface area contributed by atoms with Crippen molar-refractivity contribution < 1.29 is 0 Å². The van der Waals surface area contributed by atoms with Gasteiger partial charge in [-0.2, -0.15) is 0 Å². The van der Waals surface area contributed by atoms with Crippen LogP contribution in [0.3, 0.4) is 0 Å². The largest absolute Gasteiger partial charge is 0.355 e. The van der Waals surface area contributed by atoms with Crippen molar-refractivity contribution in [1.29, 1.82) is 0 Å². The molecular formula is C11H15Br2N3. The van der Waals surface area contributed by atoms with E-state index in [0.29, 0.717) is 5.92 Å². The fraction of sp³-hybridized carbons (Fsp3) is 0.545. The molecule has 2 atom stereocenters. The van der Waals surface area contributed by atoms with Crippen LogP contribution < -0.4 is 10.6 Å². The summed E-state index contributed by atoms with van der Waals surface area (Å²) in [4.78, 5) is 6.74. The SMILES string of the molecule is CC(N)C1CCN(c2ncc(Br)cc2Br)C1. The van der Waals surface area contributed by atoms with Crippen molar-refractivity contribution in [1.82, 2.24) is 4.98 Å². The van der Waals surface area contributed by atoms with Gasteiger partial charge in [-0.05, 0) is 57.2 Å². The van der Waals surface area contributed by atoms with Crippen molar-refractivity contribution in [2.75, 3.05) is 18.0 Å². The van der Waals surface area contributed by atoms with E-state index in [1.165, 1.54) is 0 Å². The summed E-state index contributed by atoms with van der Waals surface area (Å²) in [7, 11) is 0. The van der Waals surface area contributed by atoms with Crippen LogP contribution in [0, 0.1) is 5.92 Å². The molecule has 2 heterocycles. The van der Waals surface area contributed by atoms with E-state index < -0.39 is 0 Å². The Kier molecular flexibility index (Phi) is 3.87. The molecule has 0 aromatic carbocycles. The number of nitrogens with two attached hydrogens (primary N) is 1. The minimum atomic E-state index is 0.263. The Hall–Kier alpha value is -0.130. The summed E-state index contributed by atoms with van der Waals surface area (Å²) in [6.07, 6.45) is 2.99. The average Bonchev–Trinajstić information content (AvgIpc) is 2.66. The third kappa shape index (κ3) is 2.57. The van der Waals surface area contributed by atoms with Gasteiger partial charge in [-0.1, -0.05) is 0 Å². The molecule has 0 radical (unpaired) electrons. The molecule has 3 nitrogen and oxygen atoms in total. The van der Waals surface area contributed by atoms with E-state index in [9.17, 15) is 0 Å². The minimum absolute atomic E-state index is 0.263. The maximum Gasteiger partial charge on any atom is 0.142 e. The van der Waals surface area contributed by atoms with Crippen LogP contribution in [0.5, 0.6) is 0 Å². The third-order valence-electron chi connectivity index (χ3n) is 3.06. The predicted molar refractivity (Wildman–Crippen MR) is 73.6 cm³/mol. The normalized spacial score (nSPS) is 22.5. The molecule has 0 bridgehead atoms. The summed E-state index contributed by atoms with van der Waals surface area (Å²) in [5.41, 5.74) is 5.93. The van der Waals surface area contributed by atoms with Gasteiger partial charge in [0.15, 0.2) is 0 Å². The van der Waals surface area contributed by atoms with Gasteiger partial charge in [0.25, 0.3) is 0 Å². The Labute approximate surface area is 113 Å². The zero-order chi connectivity index (χ0) is 11.7. The van der Waals surface area contributed by atoms with E-state index in [1.54, 1.807) is 0 Å². The summed E-state index contributed by atoms with van der Waals surface area (Å²) in [6, 6.07) is 2.29. The second-order valence-corrected chi connectivity index (χ2v) is 6.08. The number of aromatic nitrogens is 1. The first-order valence-corrected chi connectivity index (χ1v) is 6.98. The first-order chi connectivity index (χ1) is 7.58. The molecule has 1 aromatic rings. The molecule has 88 valence electrons. The van der Waals surface area contributed by atoms with Crippen molar-refractivity contribution in [3.8, 4) is 0 Å². The van der Waals surface area contributed by atoms with Gasteiger partial charge in [-0.25, -0.2) is 4.98 Å². The standard InChI is InChI=1S/C11H15Br2N3/c1-7(14)8-2-3-16(6-8)11-10(13)4-9(12)5-15-11/h4-5,7-8H,2-3,6,14H2,1H3. The molecule has 5 heteroatoms. The van der Waals surface area contributed by atoms with Crippen molar-refractivity contribution in [2.45, 2.75) is 19.4 Å². The van der Waals surface area contributed by atoms with E-state index >= 15 is 0 Å². The second kappa shape index (κ2) is 5.02. The van der Waals surface area contributed by atoms with Gasteiger partial charge in [-0.15, -0.1) is 0 Å². The zero-order valence-corrected chi connectivity index (χ0v) is 12.3. The van der Waals surface area contributed by atoms with Crippen molar-refractivity contribution >= 4 is 37.7 Å². The third-order valence-corrected chi connectivity index (χ3v) is 4.07. The highest BCUT2D eigenvalue weighted by Gasteiger charge is 2.26. The van der Waals surface area contributed by atoms with Crippen molar-refractivity contribution in [3.05, 3.63) is 21.2 Å². The van der Waals surface area contributed by atoms with E-state index in [0.717, 1.165) is 34.3 Å². The van der Waals surface area contributed by atoms with Crippen molar-refractivity contribution in [2.24, 2.45) is 11.7 Å². The van der Waals surface area contributed by atoms with Gasteiger partial charge < -0.3 is 10.6 Å². The topological polar surface area (TPSA) is 42.1 Å². The van der Waals surface area contributed by atoms with Crippen LogP contribution in [-0.2, 0) is 0 Å². The number of rotatable bonds is 2. The summed E-state index contributed by atoms with van der Waals surface area (Å²) < 4.78 is 2.03. The lowest BCUT2D eigenvalue weighted by Gasteiger charge is -2.20. The predicted octanol–water partition coefficient (Wildman–Crippen LogP) is 2.78. The van der Waals surface area contributed by atoms with E-state index in [4.69, 9.17) is 5.73 Å². The van der Waals surface area contributed by atoms with E-state index in [2.05, 4.69) is 48.7 Å². The van der Waals surface area contributed by atoms with E-state index in [-0.39, 0.29) is 6.04 Å². The molecule has 0 aliphatic carbocycles. The Balaban J connectivity index is 2.14. The highest BCUT2D eigenvalue weighted by molar-refractivity contribution is 9.11. The summed E-state index contributed by atoms with van der Waals surface area (Å²) in [5, 5.41) is 0. The summed E-state index contributed by atoms with van der Waals surface area (Å²) in [5.74, 6) is 1.60.